The lowest BCUT2D eigenvalue weighted by molar-refractivity contribution is -0.170. The van der Waals surface area contributed by atoms with Gasteiger partial charge >= 0.3 is 0 Å². The van der Waals surface area contributed by atoms with Gasteiger partial charge in [-0.3, -0.25) is 4.79 Å². The molecule has 118 valence electrons. The van der Waals surface area contributed by atoms with Crippen LogP contribution in [0.15, 0.2) is 24.3 Å². The molecule has 1 aromatic rings. The average molecular weight is 299 g/mol. The van der Waals surface area contributed by atoms with E-state index in [1.54, 1.807) is 7.11 Å². The van der Waals surface area contributed by atoms with Crippen LogP contribution in [0.5, 0.6) is 0 Å². The number of nitrogens with zero attached hydrogens (tertiary/aromatic N) is 1. The largest absolute Gasteiger partial charge is 0.380 e. The lowest BCUT2D eigenvalue weighted by Gasteiger charge is -2.63. The summed E-state index contributed by atoms with van der Waals surface area (Å²) in [4.78, 5) is 14.9. The Morgan fingerprint density at radius 2 is 2.09 bits per heavy atom. The van der Waals surface area contributed by atoms with Crippen LogP contribution in [-0.4, -0.2) is 30.5 Å². The molecule has 2 saturated carbocycles. The smallest absolute Gasteiger partial charge is 0.227 e. The minimum Gasteiger partial charge on any atom is -0.380 e. The molecule has 3 aliphatic rings. The molecule has 1 atom stereocenters. The van der Waals surface area contributed by atoms with Gasteiger partial charge in [-0.1, -0.05) is 30.7 Å². The fraction of sp³-hybridized carbons (Fsp3) is 0.632. The highest BCUT2D eigenvalue weighted by Gasteiger charge is 2.61. The zero-order valence-electron chi connectivity index (χ0n) is 13.4. The molecule has 2 aliphatic carbocycles. The first-order valence-electron chi connectivity index (χ1n) is 8.58. The van der Waals surface area contributed by atoms with E-state index in [1.165, 1.54) is 32.1 Å². The average Bonchev–Trinajstić information content (AvgIpc) is 3.21. The van der Waals surface area contributed by atoms with Crippen molar-refractivity contribution in [2.45, 2.75) is 51.2 Å². The van der Waals surface area contributed by atoms with Gasteiger partial charge < -0.3 is 9.64 Å². The van der Waals surface area contributed by atoms with E-state index in [-0.39, 0.29) is 0 Å². The maximum Gasteiger partial charge on any atom is 0.227 e. The molecule has 1 aromatic carbocycles. The van der Waals surface area contributed by atoms with Crippen LogP contribution in [0.4, 0.5) is 0 Å². The molecule has 22 heavy (non-hydrogen) atoms. The zero-order valence-corrected chi connectivity index (χ0v) is 13.4. The summed E-state index contributed by atoms with van der Waals surface area (Å²) in [6.45, 7) is 1.63. The van der Waals surface area contributed by atoms with Crippen LogP contribution in [0.2, 0.25) is 0 Å². The Morgan fingerprint density at radius 1 is 1.32 bits per heavy atom. The molecule has 1 heterocycles. The van der Waals surface area contributed by atoms with Gasteiger partial charge in [0.15, 0.2) is 0 Å². The van der Waals surface area contributed by atoms with Gasteiger partial charge in [-0.2, -0.15) is 0 Å². The van der Waals surface area contributed by atoms with Crippen LogP contribution in [0, 0.1) is 11.3 Å². The summed E-state index contributed by atoms with van der Waals surface area (Å²) in [6.07, 6.45) is 7.27. The first kappa shape index (κ1) is 14.3. The fourth-order valence-corrected chi connectivity index (χ4v) is 4.52. The van der Waals surface area contributed by atoms with Crippen molar-refractivity contribution in [2.24, 2.45) is 11.3 Å². The summed E-state index contributed by atoms with van der Waals surface area (Å²) in [5.74, 6) is 1.13. The molecule has 3 fully saturated rings. The predicted molar refractivity (Wildman–Crippen MR) is 85.4 cm³/mol. The van der Waals surface area contributed by atoms with Gasteiger partial charge in [0, 0.05) is 25.1 Å². The summed E-state index contributed by atoms with van der Waals surface area (Å²) < 4.78 is 5.18. The van der Waals surface area contributed by atoms with Gasteiger partial charge in [0.2, 0.25) is 5.91 Å². The summed E-state index contributed by atoms with van der Waals surface area (Å²) in [7, 11) is 1.70. The molecule has 3 nitrogen and oxygen atoms in total. The minimum absolute atomic E-state index is 0.323. The summed E-state index contributed by atoms with van der Waals surface area (Å²) in [5, 5.41) is 0. The summed E-state index contributed by atoms with van der Waals surface area (Å²) >= 11 is 0. The van der Waals surface area contributed by atoms with E-state index in [0.29, 0.717) is 30.4 Å². The van der Waals surface area contributed by atoms with Crippen molar-refractivity contribution >= 4 is 5.91 Å². The van der Waals surface area contributed by atoms with E-state index in [1.807, 2.05) is 6.07 Å². The molecule has 1 amide bonds. The number of ether oxygens (including phenoxy) is 1. The lowest BCUT2D eigenvalue weighted by Crippen LogP contribution is -2.70. The van der Waals surface area contributed by atoms with Crippen molar-refractivity contribution in [2.75, 3.05) is 13.7 Å². The summed E-state index contributed by atoms with van der Waals surface area (Å²) in [5.41, 5.74) is 2.78. The van der Waals surface area contributed by atoms with E-state index < -0.39 is 0 Å². The second-order valence-electron chi connectivity index (χ2n) is 7.45. The van der Waals surface area contributed by atoms with E-state index in [0.717, 1.165) is 23.6 Å². The molecule has 0 bridgehead atoms. The highest BCUT2D eigenvalue weighted by atomic mass is 16.5. The second kappa shape index (κ2) is 5.38. The van der Waals surface area contributed by atoms with Gasteiger partial charge in [-0.25, -0.2) is 0 Å². The maximum atomic E-state index is 12.7. The SMILES string of the molecule is COCc1cccc(CC(=O)N2CC3(CCC3)C2C2CC2)c1. The number of carbonyl (C=O) groups is 1. The van der Waals surface area contributed by atoms with Crippen molar-refractivity contribution in [3.8, 4) is 0 Å². The Hall–Kier alpha value is -1.35. The topological polar surface area (TPSA) is 29.5 Å². The van der Waals surface area contributed by atoms with E-state index >= 15 is 0 Å². The molecule has 1 unspecified atom stereocenters. The molecule has 1 aliphatic heterocycles. The third-order valence-corrected chi connectivity index (χ3v) is 5.84. The highest BCUT2D eigenvalue weighted by molar-refractivity contribution is 5.80. The number of hydrogen-bond acceptors (Lipinski definition) is 2. The minimum atomic E-state index is 0.323. The fourth-order valence-electron chi connectivity index (χ4n) is 4.52. The molecule has 3 heteroatoms. The molecular weight excluding hydrogens is 274 g/mol. The first-order chi connectivity index (χ1) is 10.7. The van der Waals surface area contributed by atoms with Gasteiger partial charge in [-0.05, 0) is 42.7 Å². The number of benzene rings is 1. The Kier molecular flexibility index (Phi) is 3.48. The maximum absolute atomic E-state index is 12.7. The van der Waals surface area contributed by atoms with Gasteiger partial charge in [0.25, 0.3) is 0 Å². The molecule has 4 rings (SSSR count). The van der Waals surface area contributed by atoms with Crippen LogP contribution < -0.4 is 0 Å². The van der Waals surface area contributed by atoms with Crippen molar-refractivity contribution in [1.82, 2.24) is 4.90 Å². The lowest BCUT2D eigenvalue weighted by atomic mass is 9.56. The van der Waals surface area contributed by atoms with Crippen molar-refractivity contribution in [1.29, 1.82) is 0 Å². The second-order valence-corrected chi connectivity index (χ2v) is 7.45. The van der Waals surface area contributed by atoms with Gasteiger partial charge in [0.05, 0.1) is 13.0 Å². The van der Waals surface area contributed by atoms with Crippen molar-refractivity contribution in [3.05, 3.63) is 35.4 Å². The van der Waals surface area contributed by atoms with E-state index in [4.69, 9.17) is 4.74 Å². The first-order valence-corrected chi connectivity index (χ1v) is 8.58. The number of rotatable bonds is 5. The Labute approximate surface area is 132 Å². The van der Waals surface area contributed by atoms with E-state index in [2.05, 4.69) is 23.1 Å². The van der Waals surface area contributed by atoms with Crippen molar-refractivity contribution < 1.29 is 9.53 Å². The van der Waals surface area contributed by atoms with Crippen LogP contribution >= 0.6 is 0 Å². The van der Waals surface area contributed by atoms with Crippen LogP contribution in [0.25, 0.3) is 0 Å². The Morgan fingerprint density at radius 3 is 2.73 bits per heavy atom. The molecule has 0 radical (unpaired) electrons. The molecule has 1 spiro atoms. The molecule has 0 aromatic heterocycles. The summed E-state index contributed by atoms with van der Waals surface area (Å²) in [6, 6.07) is 8.81. The van der Waals surface area contributed by atoms with Crippen molar-refractivity contribution in [3.63, 3.8) is 0 Å². The van der Waals surface area contributed by atoms with Crippen LogP contribution in [-0.2, 0) is 22.6 Å². The standard InChI is InChI=1S/C19H25NO2/c1-22-12-15-5-2-4-14(10-15)11-17(21)20-13-19(8-3-9-19)18(20)16-6-7-16/h2,4-5,10,16,18H,3,6-9,11-13H2,1H3. The predicted octanol–water partition coefficient (Wildman–Crippen LogP) is 3.17. The normalized spacial score (nSPS) is 25.7. The van der Waals surface area contributed by atoms with Crippen LogP contribution in [0.1, 0.15) is 43.2 Å². The van der Waals surface area contributed by atoms with Crippen LogP contribution in [0.3, 0.4) is 0 Å². The van der Waals surface area contributed by atoms with Gasteiger partial charge in [0.1, 0.15) is 0 Å². The van der Waals surface area contributed by atoms with E-state index in [9.17, 15) is 4.79 Å². The monoisotopic (exact) mass is 299 g/mol. The highest BCUT2D eigenvalue weighted by Crippen LogP contribution is 2.59. The number of amides is 1. The van der Waals surface area contributed by atoms with Gasteiger partial charge in [-0.15, -0.1) is 0 Å². The third kappa shape index (κ3) is 2.36. The molecular formula is C19H25NO2. The number of methoxy groups -OCH3 is 1. The Bertz CT molecular complexity index is 575. The quantitative estimate of drug-likeness (QED) is 0.836. The Balaban J connectivity index is 1.43. The molecule has 1 saturated heterocycles. The molecule has 0 N–H and O–H groups in total. The zero-order chi connectivity index (χ0) is 15.2. The number of carbonyl (C=O) groups excluding carboxylic acids is 1. The number of likely N-dealkylation sites (tertiary alicyclic amines) is 1. The number of hydrogen-bond donors (Lipinski definition) is 0. The third-order valence-electron chi connectivity index (χ3n) is 5.84.